The first-order chi connectivity index (χ1) is 6.44. The molecule has 82 valence electrons. The molecule has 0 unspecified atom stereocenters. The van der Waals surface area contributed by atoms with Crippen molar-refractivity contribution in [2.24, 2.45) is 11.3 Å². The number of hydrogen-bond acceptors (Lipinski definition) is 1. The SMILES string of the molecule is CC1=C[C@H](C)[C@](C)(CC[C@H](C)O)CC1. The summed E-state index contributed by atoms with van der Waals surface area (Å²) in [7, 11) is 0. The predicted octanol–water partition coefficient (Wildman–Crippen LogP) is 3.53. The summed E-state index contributed by atoms with van der Waals surface area (Å²) in [6, 6.07) is 0. The van der Waals surface area contributed by atoms with Gasteiger partial charge >= 0.3 is 0 Å². The van der Waals surface area contributed by atoms with Crippen LogP contribution in [-0.2, 0) is 0 Å². The van der Waals surface area contributed by atoms with Gasteiger partial charge in [-0.2, -0.15) is 0 Å². The van der Waals surface area contributed by atoms with Gasteiger partial charge in [-0.3, -0.25) is 0 Å². The molecule has 0 aromatic heterocycles. The quantitative estimate of drug-likeness (QED) is 0.685. The minimum absolute atomic E-state index is 0.147. The zero-order valence-corrected chi connectivity index (χ0v) is 10.0. The molecule has 1 rings (SSSR count). The van der Waals surface area contributed by atoms with E-state index in [0.29, 0.717) is 11.3 Å². The minimum atomic E-state index is -0.147. The average Bonchev–Trinajstić information content (AvgIpc) is 2.09. The van der Waals surface area contributed by atoms with Crippen LogP contribution in [0.25, 0.3) is 0 Å². The number of aliphatic hydroxyl groups excluding tert-OH is 1. The van der Waals surface area contributed by atoms with E-state index in [4.69, 9.17) is 0 Å². The molecule has 1 N–H and O–H groups in total. The van der Waals surface area contributed by atoms with Gasteiger partial charge in [0.2, 0.25) is 0 Å². The molecular weight excluding hydrogens is 172 g/mol. The fourth-order valence-corrected chi connectivity index (χ4v) is 2.31. The lowest BCUT2D eigenvalue weighted by molar-refractivity contribution is 0.125. The molecule has 14 heavy (non-hydrogen) atoms. The van der Waals surface area contributed by atoms with E-state index in [2.05, 4.69) is 26.8 Å². The topological polar surface area (TPSA) is 20.2 Å². The lowest BCUT2D eigenvalue weighted by Crippen LogP contribution is -2.28. The molecule has 1 nitrogen and oxygen atoms in total. The van der Waals surface area contributed by atoms with Crippen molar-refractivity contribution < 1.29 is 5.11 Å². The third-order valence-electron chi connectivity index (χ3n) is 3.86. The minimum Gasteiger partial charge on any atom is -0.393 e. The number of aliphatic hydroxyl groups is 1. The first kappa shape index (κ1) is 11.8. The van der Waals surface area contributed by atoms with Crippen molar-refractivity contribution in [1.29, 1.82) is 0 Å². The Morgan fingerprint density at radius 2 is 2.29 bits per heavy atom. The Morgan fingerprint density at radius 3 is 2.79 bits per heavy atom. The van der Waals surface area contributed by atoms with E-state index in [-0.39, 0.29) is 6.10 Å². The van der Waals surface area contributed by atoms with Crippen molar-refractivity contribution in [2.75, 3.05) is 0 Å². The van der Waals surface area contributed by atoms with Crippen LogP contribution in [0.3, 0.4) is 0 Å². The third-order valence-corrected chi connectivity index (χ3v) is 3.86. The fraction of sp³-hybridized carbons (Fsp3) is 0.846. The summed E-state index contributed by atoms with van der Waals surface area (Å²) in [4.78, 5) is 0. The number of rotatable bonds is 3. The van der Waals surface area contributed by atoms with Crippen molar-refractivity contribution >= 4 is 0 Å². The van der Waals surface area contributed by atoms with E-state index in [1.165, 1.54) is 18.4 Å². The smallest absolute Gasteiger partial charge is 0.0512 e. The molecule has 0 spiro atoms. The summed E-state index contributed by atoms with van der Waals surface area (Å²) in [6.45, 7) is 8.79. The molecule has 0 aromatic rings. The average molecular weight is 196 g/mol. The van der Waals surface area contributed by atoms with Crippen LogP contribution < -0.4 is 0 Å². The Morgan fingerprint density at radius 1 is 1.64 bits per heavy atom. The first-order valence-corrected chi connectivity index (χ1v) is 5.79. The second-order valence-corrected chi connectivity index (χ2v) is 5.34. The van der Waals surface area contributed by atoms with Gasteiger partial charge in [-0.05, 0) is 50.9 Å². The van der Waals surface area contributed by atoms with Crippen LogP contribution in [0.15, 0.2) is 11.6 Å². The molecule has 0 aliphatic heterocycles. The lowest BCUT2D eigenvalue weighted by Gasteiger charge is -2.38. The van der Waals surface area contributed by atoms with Crippen LogP contribution in [0, 0.1) is 11.3 Å². The molecule has 1 heteroatoms. The molecule has 0 fully saturated rings. The Bertz CT molecular complexity index is 217. The van der Waals surface area contributed by atoms with Crippen molar-refractivity contribution in [1.82, 2.24) is 0 Å². The molecule has 0 aromatic carbocycles. The highest BCUT2D eigenvalue weighted by Crippen LogP contribution is 2.43. The maximum absolute atomic E-state index is 9.32. The van der Waals surface area contributed by atoms with Gasteiger partial charge in [0.1, 0.15) is 0 Å². The summed E-state index contributed by atoms with van der Waals surface area (Å²) >= 11 is 0. The summed E-state index contributed by atoms with van der Waals surface area (Å²) in [5, 5.41) is 9.32. The lowest BCUT2D eigenvalue weighted by atomic mass is 9.67. The Balaban J connectivity index is 2.57. The van der Waals surface area contributed by atoms with Gasteiger partial charge in [-0.1, -0.05) is 25.5 Å². The zero-order chi connectivity index (χ0) is 10.8. The molecular formula is C13H24O. The van der Waals surface area contributed by atoms with Gasteiger partial charge in [0.25, 0.3) is 0 Å². The van der Waals surface area contributed by atoms with Gasteiger partial charge in [0.15, 0.2) is 0 Å². The van der Waals surface area contributed by atoms with Gasteiger partial charge in [0, 0.05) is 0 Å². The predicted molar refractivity (Wildman–Crippen MR) is 61.2 cm³/mol. The van der Waals surface area contributed by atoms with E-state index in [1.807, 2.05) is 6.92 Å². The molecule has 0 saturated heterocycles. The highest BCUT2D eigenvalue weighted by atomic mass is 16.3. The molecule has 0 amide bonds. The molecule has 0 radical (unpaired) electrons. The standard InChI is InChI=1S/C13H24O/c1-10-5-7-13(4,11(2)9-10)8-6-12(3)14/h9,11-12,14H,5-8H2,1-4H3/t11-,12-,13-/m0/s1. The van der Waals surface area contributed by atoms with Crippen LogP contribution in [0.4, 0.5) is 0 Å². The zero-order valence-electron chi connectivity index (χ0n) is 10.0. The highest BCUT2D eigenvalue weighted by molar-refractivity contribution is 5.09. The van der Waals surface area contributed by atoms with Crippen LogP contribution in [0.5, 0.6) is 0 Å². The number of hydrogen-bond donors (Lipinski definition) is 1. The Kier molecular flexibility index (Phi) is 3.77. The van der Waals surface area contributed by atoms with E-state index in [1.54, 1.807) is 0 Å². The Labute approximate surface area is 88.2 Å². The normalized spacial score (nSPS) is 35.2. The molecule has 1 aliphatic carbocycles. The summed E-state index contributed by atoms with van der Waals surface area (Å²) in [6.07, 6.45) is 6.87. The second kappa shape index (κ2) is 4.48. The van der Waals surface area contributed by atoms with Crippen LogP contribution >= 0.6 is 0 Å². The van der Waals surface area contributed by atoms with Gasteiger partial charge < -0.3 is 5.11 Å². The van der Waals surface area contributed by atoms with Crippen LogP contribution in [0.1, 0.15) is 53.4 Å². The molecule has 1 aliphatic rings. The second-order valence-electron chi connectivity index (χ2n) is 5.34. The van der Waals surface area contributed by atoms with Crippen molar-refractivity contribution in [2.45, 2.75) is 59.5 Å². The molecule has 3 atom stereocenters. The Hall–Kier alpha value is -0.300. The maximum atomic E-state index is 9.32. The first-order valence-electron chi connectivity index (χ1n) is 5.79. The molecule has 0 heterocycles. The maximum Gasteiger partial charge on any atom is 0.0512 e. The highest BCUT2D eigenvalue weighted by Gasteiger charge is 2.32. The van der Waals surface area contributed by atoms with Crippen molar-refractivity contribution in [3.63, 3.8) is 0 Å². The molecule has 0 saturated carbocycles. The fourth-order valence-electron chi connectivity index (χ4n) is 2.31. The largest absolute Gasteiger partial charge is 0.393 e. The summed E-state index contributed by atoms with van der Waals surface area (Å²) < 4.78 is 0. The monoisotopic (exact) mass is 196 g/mol. The molecule has 0 bridgehead atoms. The van der Waals surface area contributed by atoms with E-state index < -0.39 is 0 Å². The third kappa shape index (κ3) is 2.84. The van der Waals surface area contributed by atoms with Crippen LogP contribution in [-0.4, -0.2) is 11.2 Å². The van der Waals surface area contributed by atoms with Crippen LogP contribution in [0.2, 0.25) is 0 Å². The number of allylic oxidation sites excluding steroid dienone is 2. The van der Waals surface area contributed by atoms with Crippen molar-refractivity contribution in [3.8, 4) is 0 Å². The summed E-state index contributed by atoms with van der Waals surface area (Å²) in [5.41, 5.74) is 1.95. The van der Waals surface area contributed by atoms with Gasteiger partial charge in [0.05, 0.1) is 6.10 Å². The van der Waals surface area contributed by atoms with Crippen molar-refractivity contribution in [3.05, 3.63) is 11.6 Å². The van der Waals surface area contributed by atoms with Gasteiger partial charge in [-0.15, -0.1) is 0 Å². The summed E-state index contributed by atoms with van der Waals surface area (Å²) in [5.74, 6) is 0.662. The van der Waals surface area contributed by atoms with E-state index >= 15 is 0 Å². The van der Waals surface area contributed by atoms with E-state index in [0.717, 1.165) is 12.8 Å². The van der Waals surface area contributed by atoms with Gasteiger partial charge in [-0.25, -0.2) is 0 Å². The van der Waals surface area contributed by atoms with E-state index in [9.17, 15) is 5.11 Å².